The maximum Gasteiger partial charge on any atom is 0.355 e. The molecule has 0 unspecified atom stereocenters. The van der Waals surface area contributed by atoms with Gasteiger partial charge in [0.15, 0.2) is 5.65 Å². The lowest BCUT2D eigenvalue weighted by molar-refractivity contribution is -0.127. The highest BCUT2D eigenvalue weighted by atomic mass is 35.5. The SMILES string of the molecule is C=CC(=O)N1CC(=C)N(c2nc(=O)n(-c3c(C)ccnc3C(C)C)c3nc(-c4c(N)cccc4F)c(Cl)cc23)C[C@H]1C. The van der Waals surface area contributed by atoms with E-state index in [0.29, 0.717) is 29.0 Å². The number of fused-ring (bicyclic) bond motifs is 1. The normalized spacial score (nSPS) is 15.5. The third kappa shape index (κ3) is 4.81. The second-order valence-corrected chi connectivity index (χ2v) is 11.1. The molecule has 2 N–H and O–H groups in total. The van der Waals surface area contributed by atoms with Crippen LogP contribution in [0.5, 0.6) is 0 Å². The monoisotopic (exact) mass is 587 g/mol. The summed E-state index contributed by atoms with van der Waals surface area (Å²) in [5.41, 5.74) is 8.58. The van der Waals surface area contributed by atoms with Crippen molar-refractivity contribution in [2.75, 3.05) is 23.7 Å². The number of hydrogen-bond donors (Lipinski definition) is 1. The minimum atomic E-state index is -0.608. The average Bonchev–Trinajstić information content (AvgIpc) is 2.94. The van der Waals surface area contributed by atoms with Crippen LogP contribution in [-0.2, 0) is 4.79 Å². The van der Waals surface area contributed by atoms with Gasteiger partial charge in [0, 0.05) is 30.2 Å². The van der Waals surface area contributed by atoms with Crippen molar-refractivity contribution < 1.29 is 9.18 Å². The molecule has 1 fully saturated rings. The fourth-order valence-electron chi connectivity index (χ4n) is 5.34. The molecule has 5 rings (SSSR count). The Labute approximate surface area is 247 Å². The lowest BCUT2D eigenvalue weighted by Gasteiger charge is -2.41. The molecule has 0 saturated carbocycles. The Kier molecular flexibility index (Phi) is 7.59. The standard InChI is InChI=1S/C31H31ClFN7O2/c1-7-24(41)38-14-19(6)39(15-18(38)5)29-20-13-21(32)27(25-22(33)9-8-10-23(25)34)36-30(20)40(31(42)37-29)28-17(4)11-12-35-26(28)16(2)3/h7-13,16,18H,1,6,14-15,34H2,2-5H3/t18-/m1/s1. The van der Waals surface area contributed by atoms with E-state index in [1.807, 2.05) is 27.7 Å². The number of pyridine rings is 2. The van der Waals surface area contributed by atoms with Crippen LogP contribution in [0.1, 0.15) is 37.9 Å². The first-order valence-corrected chi connectivity index (χ1v) is 13.8. The van der Waals surface area contributed by atoms with E-state index in [9.17, 15) is 9.59 Å². The Morgan fingerprint density at radius 1 is 1.26 bits per heavy atom. The second-order valence-electron chi connectivity index (χ2n) is 10.7. The van der Waals surface area contributed by atoms with E-state index < -0.39 is 11.5 Å². The summed E-state index contributed by atoms with van der Waals surface area (Å²) in [5, 5.41) is 0.562. The van der Waals surface area contributed by atoms with Crippen LogP contribution < -0.4 is 16.3 Å². The van der Waals surface area contributed by atoms with Crippen molar-refractivity contribution in [2.45, 2.75) is 39.7 Å². The highest BCUT2D eigenvalue weighted by molar-refractivity contribution is 6.34. The van der Waals surface area contributed by atoms with Crippen LogP contribution in [0, 0.1) is 12.7 Å². The predicted octanol–water partition coefficient (Wildman–Crippen LogP) is 5.39. The predicted molar refractivity (Wildman–Crippen MR) is 164 cm³/mol. The van der Waals surface area contributed by atoms with Gasteiger partial charge in [-0.3, -0.25) is 9.78 Å². The van der Waals surface area contributed by atoms with Gasteiger partial charge < -0.3 is 15.5 Å². The maximum atomic E-state index is 15.1. The van der Waals surface area contributed by atoms with Gasteiger partial charge in [0.1, 0.15) is 11.6 Å². The maximum absolute atomic E-state index is 15.1. The molecule has 4 heterocycles. The summed E-state index contributed by atoms with van der Waals surface area (Å²) in [7, 11) is 0. The molecule has 0 radical (unpaired) electrons. The second kappa shape index (κ2) is 11.0. The molecule has 1 aromatic carbocycles. The highest BCUT2D eigenvalue weighted by Gasteiger charge is 2.32. The van der Waals surface area contributed by atoms with E-state index in [4.69, 9.17) is 22.3 Å². The number of aromatic nitrogens is 4. The zero-order chi connectivity index (χ0) is 30.5. The van der Waals surface area contributed by atoms with Gasteiger partial charge in [-0.1, -0.05) is 44.7 Å². The number of amides is 1. The van der Waals surface area contributed by atoms with Crippen LogP contribution in [0.3, 0.4) is 0 Å². The topological polar surface area (TPSA) is 110 Å². The van der Waals surface area contributed by atoms with Gasteiger partial charge in [-0.05, 0) is 55.7 Å². The van der Waals surface area contributed by atoms with Crippen molar-refractivity contribution in [3.05, 3.63) is 94.0 Å². The first kappa shape index (κ1) is 28.9. The van der Waals surface area contributed by atoms with Crippen molar-refractivity contribution in [2.24, 2.45) is 0 Å². The van der Waals surface area contributed by atoms with Crippen LogP contribution in [0.25, 0.3) is 28.0 Å². The molecule has 0 spiro atoms. The largest absolute Gasteiger partial charge is 0.398 e. The zero-order valence-electron chi connectivity index (χ0n) is 23.9. The van der Waals surface area contributed by atoms with Crippen molar-refractivity contribution in [3.8, 4) is 16.9 Å². The number of aryl methyl sites for hydroxylation is 1. The quantitative estimate of drug-likeness (QED) is 0.246. The summed E-state index contributed by atoms with van der Waals surface area (Å²) in [4.78, 5) is 43.8. The molecule has 11 heteroatoms. The minimum absolute atomic E-state index is 0.0309. The minimum Gasteiger partial charge on any atom is -0.398 e. The van der Waals surface area contributed by atoms with Crippen molar-refractivity contribution >= 4 is 40.0 Å². The fourth-order valence-corrected chi connectivity index (χ4v) is 5.59. The summed E-state index contributed by atoms with van der Waals surface area (Å²) in [6, 6.07) is 7.51. The van der Waals surface area contributed by atoms with E-state index in [-0.39, 0.29) is 57.8 Å². The molecule has 216 valence electrons. The number of carbonyl (C=O) groups is 1. The van der Waals surface area contributed by atoms with Gasteiger partial charge >= 0.3 is 5.69 Å². The Hall–Kier alpha value is -4.57. The number of halogens is 2. The summed E-state index contributed by atoms with van der Waals surface area (Å²) in [5.74, 6) is -0.574. The summed E-state index contributed by atoms with van der Waals surface area (Å²) in [6.45, 7) is 16.0. The van der Waals surface area contributed by atoms with Gasteiger partial charge in [-0.15, -0.1) is 0 Å². The van der Waals surface area contributed by atoms with Crippen molar-refractivity contribution in [1.29, 1.82) is 0 Å². The number of anilines is 2. The first-order valence-electron chi connectivity index (χ1n) is 13.5. The van der Waals surface area contributed by atoms with E-state index in [2.05, 4.69) is 23.1 Å². The van der Waals surface area contributed by atoms with Crippen molar-refractivity contribution in [1.82, 2.24) is 24.4 Å². The van der Waals surface area contributed by atoms with E-state index in [1.54, 1.807) is 34.2 Å². The van der Waals surface area contributed by atoms with Gasteiger partial charge in [0.2, 0.25) is 5.91 Å². The average molecular weight is 588 g/mol. The molecule has 4 aromatic rings. The fraction of sp³-hybridized carbons (Fsp3) is 0.258. The third-order valence-corrected chi connectivity index (χ3v) is 7.72. The van der Waals surface area contributed by atoms with E-state index in [0.717, 1.165) is 5.56 Å². The Morgan fingerprint density at radius 2 is 2.00 bits per heavy atom. The highest BCUT2D eigenvalue weighted by Crippen LogP contribution is 2.38. The van der Waals surface area contributed by atoms with Crippen molar-refractivity contribution in [3.63, 3.8) is 0 Å². The number of rotatable bonds is 5. The molecule has 1 amide bonds. The van der Waals surface area contributed by atoms with Crippen LogP contribution in [-0.4, -0.2) is 49.5 Å². The Balaban J connectivity index is 1.85. The molecule has 1 aliphatic rings. The van der Waals surface area contributed by atoms with Crippen LogP contribution in [0.2, 0.25) is 5.02 Å². The third-order valence-electron chi connectivity index (χ3n) is 7.44. The molecule has 0 bridgehead atoms. The summed E-state index contributed by atoms with van der Waals surface area (Å²) < 4.78 is 16.5. The molecule has 0 aliphatic carbocycles. The number of nitrogens with zero attached hydrogens (tertiary/aromatic N) is 6. The smallest absolute Gasteiger partial charge is 0.355 e. The van der Waals surface area contributed by atoms with E-state index in [1.165, 1.54) is 22.8 Å². The number of nitrogens with two attached hydrogens (primary N) is 1. The molecule has 3 aromatic heterocycles. The number of hydrogen-bond acceptors (Lipinski definition) is 7. The Bertz CT molecular complexity index is 1810. The van der Waals surface area contributed by atoms with Gasteiger partial charge in [-0.2, -0.15) is 4.98 Å². The van der Waals surface area contributed by atoms with E-state index >= 15 is 4.39 Å². The molecule has 1 aliphatic heterocycles. The molecule has 42 heavy (non-hydrogen) atoms. The van der Waals surface area contributed by atoms with Crippen LogP contribution >= 0.6 is 11.6 Å². The molecule has 9 nitrogen and oxygen atoms in total. The van der Waals surface area contributed by atoms with Gasteiger partial charge in [-0.25, -0.2) is 18.7 Å². The van der Waals surface area contributed by atoms with Crippen LogP contribution in [0.15, 0.2) is 66.3 Å². The molecular formula is C31H31ClFN7O2. The number of piperazine rings is 1. The number of benzene rings is 1. The summed E-state index contributed by atoms with van der Waals surface area (Å²) >= 11 is 6.78. The molecular weight excluding hydrogens is 557 g/mol. The van der Waals surface area contributed by atoms with Gasteiger partial charge in [0.25, 0.3) is 0 Å². The Morgan fingerprint density at radius 3 is 2.67 bits per heavy atom. The number of carbonyl (C=O) groups excluding carboxylic acids is 1. The van der Waals surface area contributed by atoms with Gasteiger partial charge in [0.05, 0.1) is 39.6 Å². The summed E-state index contributed by atoms with van der Waals surface area (Å²) in [6.07, 6.45) is 2.95. The molecule has 1 atom stereocenters. The van der Waals surface area contributed by atoms with Crippen LogP contribution in [0.4, 0.5) is 15.9 Å². The zero-order valence-corrected chi connectivity index (χ0v) is 24.6. The first-order chi connectivity index (χ1) is 19.9. The molecule has 1 saturated heterocycles. The number of nitrogen functional groups attached to an aromatic ring is 1. The lowest BCUT2D eigenvalue weighted by Crippen LogP contribution is -2.52. The lowest BCUT2D eigenvalue weighted by atomic mass is 10.0.